The lowest BCUT2D eigenvalue weighted by molar-refractivity contribution is -0.144. The van der Waals surface area contributed by atoms with Crippen LogP contribution in [0.25, 0.3) is 0 Å². The fourth-order valence-corrected chi connectivity index (χ4v) is 3.49. The maximum atomic E-state index is 12.3. The van der Waals surface area contributed by atoms with E-state index in [0.29, 0.717) is 13.0 Å². The summed E-state index contributed by atoms with van der Waals surface area (Å²) in [5.41, 5.74) is 0. The third-order valence-corrected chi connectivity index (χ3v) is 5.21. The first-order chi connectivity index (χ1) is 13.5. The van der Waals surface area contributed by atoms with Crippen LogP contribution in [-0.4, -0.2) is 60.5 Å². The number of rotatable bonds is 20. The summed E-state index contributed by atoms with van der Waals surface area (Å²) in [6.07, 6.45) is 17.9. The lowest BCUT2D eigenvalue weighted by Gasteiger charge is -2.21. The molecule has 0 bridgehead atoms. The van der Waals surface area contributed by atoms with Crippen molar-refractivity contribution in [2.75, 3.05) is 33.7 Å². The third kappa shape index (κ3) is 18.3. The van der Waals surface area contributed by atoms with Crippen LogP contribution in [-0.2, 0) is 9.59 Å². The molecule has 0 unspecified atom stereocenters. The fourth-order valence-electron chi connectivity index (χ4n) is 3.49. The van der Waals surface area contributed by atoms with Gasteiger partial charge in [-0.15, -0.1) is 0 Å². The molecular weight excluding hydrogens is 352 g/mol. The van der Waals surface area contributed by atoms with Crippen molar-refractivity contribution in [3.05, 3.63) is 0 Å². The van der Waals surface area contributed by atoms with E-state index in [-0.39, 0.29) is 12.5 Å². The summed E-state index contributed by atoms with van der Waals surface area (Å²) in [5.74, 6) is -0.937. The maximum absolute atomic E-state index is 12.3. The van der Waals surface area contributed by atoms with Crippen LogP contribution in [0.4, 0.5) is 0 Å². The number of aliphatic carboxylic acids is 1. The summed E-state index contributed by atoms with van der Waals surface area (Å²) in [6.45, 7) is 3.48. The first-order valence-corrected chi connectivity index (χ1v) is 11.6. The lowest BCUT2D eigenvalue weighted by Crippen LogP contribution is -2.37. The van der Waals surface area contributed by atoms with Gasteiger partial charge in [-0.2, -0.15) is 0 Å². The minimum Gasteiger partial charge on any atom is -0.480 e. The highest BCUT2D eigenvalue weighted by Crippen LogP contribution is 2.13. The highest BCUT2D eigenvalue weighted by atomic mass is 16.4. The molecule has 0 saturated carbocycles. The predicted molar refractivity (Wildman–Crippen MR) is 118 cm³/mol. The molecule has 166 valence electrons. The van der Waals surface area contributed by atoms with Gasteiger partial charge in [0.05, 0.1) is 0 Å². The van der Waals surface area contributed by atoms with Crippen LogP contribution in [0.5, 0.6) is 0 Å². The van der Waals surface area contributed by atoms with E-state index in [4.69, 9.17) is 5.11 Å². The van der Waals surface area contributed by atoms with E-state index in [2.05, 4.69) is 11.8 Å². The van der Waals surface area contributed by atoms with Crippen LogP contribution in [0.2, 0.25) is 0 Å². The molecule has 0 aromatic rings. The Morgan fingerprint density at radius 2 is 1.14 bits per heavy atom. The van der Waals surface area contributed by atoms with Crippen LogP contribution < -0.4 is 0 Å². The molecule has 5 heteroatoms. The van der Waals surface area contributed by atoms with Gasteiger partial charge < -0.3 is 14.9 Å². The number of hydrogen-bond donors (Lipinski definition) is 1. The van der Waals surface area contributed by atoms with E-state index >= 15 is 0 Å². The average Bonchev–Trinajstić information content (AvgIpc) is 2.64. The second-order valence-electron chi connectivity index (χ2n) is 8.36. The number of carboxylic acids is 1. The molecule has 0 spiro atoms. The van der Waals surface area contributed by atoms with Crippen molar-refractivity contribution in [3.63, 3.8) is 0 Å². The Labute approximate surface area is 173 Å². The molecule has 5 nitrogen and oxygen atoms in total. The van der Waals surface area contributed by atoms with Crippen LogP contribution in [0.15, 0.2) is 0 Å². The molecule has 0 atom stereocenters. The highest BCUT2D eigenvalue weighted by molar-refractivity contribution is 5.81. The van der Waals surface area contributed by atoms with Crippen molar-refractivity contribution in [2.45, 2.75) is 103 Å². The fraction of sp³-hybridized carbons (Fsp3) is 0.913. The van der Waals surface area contributed by atoms with Gasteiger partial charge in [0.15, 0.2) is 0 Å². The minimum absolute atomic E-state index is 0.00997. The maximum Gasteiger partial charge on any atom is 0.323 e. The van der Waals surface area contributed by atoms with E-state index in [1.165, 1.54) is 75.5 Å². The lowest BCUT2D eigenvalue weighted by atomic mass is 10.0. The molecule has 0 rings (SSSR count). The molecule has 0 aliphatic heterocycles. The second-order valence-corrected chi connectivity index (χ2v) is 8.36. The minimum atomic E-state index is -0.927. The van der Waals surface area contributed by atoms with Crippen molar-refractivity contribution in [2.24, 2.45) is 0 Å². The number of unbranched alkanes of at least 4 members (excludes halogenated alkanes) is 12. The van der Waals surface area contributed by atoms with E-state index in [1.807, 2.05) is 14.1 Å². The Bertz CT molecular complexity index is 386. The molecule has 0 heterocycles. The zero-order valence-electron chi connectivity index (χ0n) is 18.9. The zero-order chi connectivity index (χ0) is 21.0. The summed E-state index contributed by atoms with van der Waals surface area (Å²) in [6, 6.07) is 0. The average molecular weight is 399 g/mol. The highest BCUT2D eigenvalue weighted by Gasteiger charge is 2.16. The summed E-state index contributed by atoms with van der Waals surface area (Å²) < 4.78 is 0. The van der Waals surface area contributed by atoms with Crippen molar-refractivity contribution < 1.29 is 14.7 Å². The first-order valence-electron chi connectivity index (χ1n) is 11.6. The predicted octanol–water partition coefficient (Wildman–Crippen LogP) is 5.33. The Kier molecular flexibility index (Phi) is 18.5. The summed E-state index contributed by atoms with van der Waals surface area (Å²) in [5, 5.41) is 9.02. The Morgan fingerprint density at radius 1 is 0.679 bits per heavy atom. The van der Waals surface area contributed by atoms with E-state index < -0.39 is 5.97 Å². The monoisotopic (exact) mass is 398 g/mol. The number of hydrogen-bond acceptors (Lipinski definition) is 3. The number of carbonyl (C=O) groups is 2. The van der Waals surface area contributed by atoms with E-state index in [9.17, 15) is 9.59 Å². The van der Waals surface area contributed by atoms with Gasteiger partial charge in [0.1, 0.15) is 6.54 Å². The molecule has 0 saturated heterocycles. The molecule has 0 fully saturated rings. The zero-order valence-corrected chi connectivity index (χ0v) is 18.9. The topological polar surface area (TPSA) is 60.9 Å². The third-order valence-electron chi connectivity index (χ3n) is 5.21. The standard InChI is InChI=1S/C23H46N2O3/c1-4-5-6-7-8-9-10-11-12-13-14-15-16-18-22(26)25(21-23(27)28)20-17-19-24(2)3/h4-21H2,1-3H3,(H,27,28). The SMILES string of the molecule is CCCCCCCCCCCCCCCC(=O)N(CCCN(C)C)CC(=O)O. The summed E-state index contributed by atoms with van der Waals surface area (Å²) in [7, 11) is 3.97. The molecule has 0 radical (unpaired) electrons. The Balaban J connectivity index is 3.64. The van der Waals surface area contributed by atoms with Gasteiger partial charge in [-0.3, -0.25) is 9.59 Å². The molecule has 0 aromatic carbocycles. The van der Waals surface area contributed by atoms with Crippen LogP contribution in [0.3, 0.4) is 0 Å². The summed E-state index contributed by atoms with van der Waals surface area (Å²) in [4.78, 5) is 26.9. The largest absolute Gasteiger partial charge is 0.480 e. The Morgan fingerprint density at radius 3 is 1.57 bits per heavy atom. The number of nitrogens with zero attached hydrogens (tertiary/aromatic N) is 2. The Hall–Kier alpha value is -1.10. The number of carboxylic acid groups (broad SMARTS) is 1. The van der Waals surface area contributed by atoms with Crippen molar-refractivity contribution >= 4 is 11.9 Å². The molecule has 28 heavy (non-hydrogen) atoms. The van der Waals surface area contributed by atoms with Crippen LogP contribution in [0, 0.1) is 0 Å². The normalized spacial score (nSPS) is 11.1. The summed E-state index contributed by atoms with van der Waals surface area (Å²) >= 11 is 0. The van der Waals surface area contributed by atoms with Gasteiger partial charge in [-0.1, -0.05) is 84.0 Å². The van der Waals surface area contributed by atoms with Gasteiger partial charge in [-0.05, 0) is 33.5 Å². The molecule has 1 N–H and O–H groups in total. The second kappa shape index (κ2) is 19.2. The van der Waals surface area contributed by atoms with E-state index in [1.54, 1.807) is 0 Å². The quantitative estimate of drug-likeness (QED) is 0.281. The molecule has 0 aliphatic carbocycles. The van der Waals surface area contributed by atoms with Gasteiger partial charge in [0, 0.05) is 13.0 Å². The van der Waals surface area contributed by atoms with Crippen molar-refractivity contribution in [3.8, 4) is 0 Å². The molecular formula is C23H46N2O3. The van der Waals surface area contributed by atoms with Crippen LogP contribution in [0.1, 0.15) is 103 Å². The van der Waals surface area contributed by atoms with Gasteiger partial charge >= 0.3 is 5.97 Å². The number of amides is 1. The molecule has 0 aliphatic rings. The number of carbonyl (C=O) groups excluding carboxylic acids is 1. The smallest absolute Gasteiger partial charge is 0.323 e. The van der Waals surface area contributed by atoms with Crippen LogP contribution >= 0.6 is 0 Å². The van der Waals surface area contributed by atoms with Gasteiger partial charge in [-0.25, -0.2) is 0 Å². The van der Waals surface area contributed by atoms with E-state index in [0.717, 1.165) is 25.8 Å². The molecule has 0 aromatic heterocycles. The van der Waals surface area contributed by atoms with Crippen molar-refractivity contribution in [1.82, 2.24) is 9.80 Å². The van der Waals surface area contributed by atoms with Crippen molar-refractivity contribution in [1.29, 1.82) is 0 Å². The molecule has 1 amide bonds. The van der Waals surface area contributed by atoms with Gasteiger partial charge in [0.25, 0.3) is 0 Å². The first kappa shape index (κ1) is 26.9. The van der Waals surface area contributed by atoms with Gasteiger partial charge in [0.2, 0.25) is 5.91 Å².